The van der Waals surface area contributed by atoms with Gasteiger partial charge in [-0.3, -0.25) is 0 Å². The second-order valence-corrected chi connectivity index (χ2v) is 4.41. The smallest absolute Gasteiger partial charge is 0.129 e. The first-order valence-corrected chi connectivity index (χ1v) is 5.14. The number of aryl methyl sites for hydroxylation is 1. The lowest BCUT2D eigenvalue weighted by atomic mass is 9.86. The Hall–Kier alpha value is -0.820. The van der Waals surface area contributed by atoms with Crippen molar-refractivity contribution in [1.29, 1.82) is 0 Å². The van der Waals surface area contributed by atoms with Crippen LogP contribution in [0.25, 0.3) is 0 Å². The predicted octanol–water partition coefficient (Wildman–Crippen LogP) is 3.38. The van der Waals surface area contributed by atoms with Crippen LogP contribution in [0.5, 0.6) is 0 Å². The minimum atomic E-state index is -0.449. The number of carbonyl (C=O) groups is 1. The van der Waals surface area contributed by atoms with Crippen molar-refractivity contribution in [3.8, 4) is 0 Å². The molecular weight excluding hydrogens is 196 g/mol. The molecule has 0 amide bonds. The molecule has 0 unspecified atom stereocenters. The van der Waals surface area contributed by atoms with Crippen molar-refractivity contribution in [2.24, 2.45) is 0 Å². The van der Waals surface area contributed by atoms with Crippen LogP contribution in [-0.4, -0.2) is 6.29 Å². The van der Waals surface area contributed by atoms with Gasteiger partial charge in [-0.2, -0.15) is 0 Å². The second-order valence-electron chi connectivity index (χ2n) is 4.00. The highest BCUT2D eigenvalue weighted by molar-refractivity contribution is 6.31. The predicted molar refractivity (Wildman–Crippen MR) is 59.9 cm³/mol. The lowest BCUT2D eigenvalue weighted by molar-refractivity contribution is -0.111. The first-order valence-electron chi connectivity index (χ1n) is 4.76. The Kier molecular flexibility index (Phi) is 3.33. The topological polar surface area (TPSA) is 17.1 Å². The van der Waals surface area contributed by atoms with E-state index in [-0.39, 0.29) is 0 Å². The average Bonchev–Trinajstić information content (AvgIpc) is 2.17. The van der Waals surface area contributed by atoms with Crippen LogP contribution in [0.2, 0.25) is 5.02 Å². The van der Waals surface area contributed by atoms with Gasteiger partial charge in [0.15, 0.2) is 0 Å². The van der Waals surface area contributed by atoms with E-state index in [0.717, 1.165) is 28.9 Å². The van der Waals surface area contributed by atoms with E-state index < -0.39 is 5.41 Å². The van der Waals surface area contributed by atoms with E-state index in [1.807, 2.05) is 32.0 Å². The van der Waals surface area contributed by atoms with Gasteiger partial charge in [0.2, 0.25) is 0 Å². The summed E-state index contributed by atoms with van der Waals surface area (Å²) in [5.74, 6) is 0. The van der Waals surface area contributed by atoms with Crippen LogP contribution in [0.1, 0.15) is 31.9 Å². The first-order chi connectivity index (χ1) is 6.51. The van der Waals surface area contributed by atoms with Gasteiger partial charge in [0.05, 0.1) is 0 Å². The minimum Gasteiger partial charge on any atom is -0.302 e. The van der Waals surface area contributed by atoms with Gasteiger partial charge in [-0.05, 0) is 37.5 Å². The molecule has 1 rings (SSSR count). The highest BCUT2D eigenvalue weighted by atomic mass is 35.5. The maximum absolute atomic E-state index is 10.8. The molecule has 14 heavy (non-hydrogen) atoms. The summed E-state index contributed by atoms with van der Waals surface area (Å²) in [6, 6.07) is 5.84. The zero-order valence-corrected chi connectivity index (χ0v) is 9.56. The van der Waals surface area contributed by atoms with Crippen molar-refractivity contribution in [2.45, 2.75) is 32.6 Å². The zero-order chi connectivity index (χ0) is 10.8. The maximum atomic E-state index is 10.8. The Labute approximate surface area is 90.1 Å². The molecule has 0 radical (unpaired) electrons. The summed E-state index contributed by atoms with van der Waals surface area (Å²) >= 11 is 6.08. The molecule has 0 aliphatic rings. The lowest BCUT2D eigenvalue weighted by Gasteiger charge is -2.18. The molecule has 76 valence electrons. The van der Waals surface area contributed by atoms with Crippen LogP contribution < -0.4 is 0 Å². The first kappa shape index (κ1) is 11.3. The molecule has 0 spiro atoms. The normalized spacial score (nSPS) is 11.4. The Bertz CT molecular complexity index is 342. The van der Waals surface area contributed by atoms with E-state index >= 15 is 0 Å². The van der Waals surface area contributed by atoms with Crippen LogP contribution in [-0.2, 0) is 16.6 Å². The highest BCUT2D eigenvalue weighted by Crippen LogP contribution is 2.26. The molecule has 0 fully saturated rings. The summed E-state index contributed by atoms with van der Waals surface area (Å²) in [6.07, 6.45) is 1.87. The Morgan fingerprint density at radius 2 is 2.07 bits per heavy atom. The van der Waals surface area contributed by atoms with Gasteiger partial charge in [0.1, 0.15) is 6.29 Å². The van der Waals surface area contributed by atoms with Crippen LogP contribution in [0.15, 0.2) is 18.2 Å². The van der Waals surface area contributed by atoms with Gasteiger partial charge in [-0.25, -0.2) is 0 Å². The number of aldehydes is 1. The van der Waals surface area contributed by atoms with Crippen LogP contribution in [0.3, 0.4) is 0 Å². The summed E-state index contributed by atoms with van der Waals surface area (Å²) in [7, 11) is 0. The summed E-state index contributed by atoms with van der Waals surface area (Å²) in [5.41, 5.74) is 1.64. The van der Waals surface area contributed by atoms with Crippen molar-refractivity contribution in [3.63, 3.8) is 0 Å². The average molecular weight is 211 g/mol. The standard InChI is InChI=1S/C12H15ClO/c1-4-9-5-6-10(7-11(9)13)12(2,3)8-14/h5-8H,4H2,1-3H3. The largest absolute Gasteiger partial charge is 0.302 e. The third-order valence-corrected chi connectivity index (χ3v) is 2.82. The van der Waals surface area contributed by atoms with Crippen molar-refractivity contribution < 1.29 is 4.79 Å². The van der Waals surface area contributed by atoms with Gasteiger partial charge in [0, 0.05) is 10.4 Å². The second kappa shape index (κ2) is 4.14. The maximum Gasteiger partial charge on any atom is 0.129 e. The Morgan fingerprint density at radius 3 is 2.50 bits per heavy atom. The van der Waals surface area contributed by atoms with E-state index in [1.165, 1.54) is 0 Å². The number of halogens is 1. The van der Waals surface area contributed by atoms with Crippen LogP contribution >= 0.6 is 11.6 Å². The molecule has 0 aliphatic heterocycles. The van der Waals surface area contributed by atoms with Crippen LogP contribution in [0, 0.1) is 0 Å². The molecule has 0 heterocycles. The minimum absolute atomic E-state index is 0.449. The third-order valence-electron chi connectivity index (χ3n) is 2.47. The summed E-state index contributed by atoms with van der Waals surface area (Å²) in [6.45, 7) is 5.83. The Balaban J connectivity index is 3.15. The quantitative estimate of drug-likeness (QED) is 0.700. The number of rotatable bonds is 3. The zero-order valence-electron chi connectivity index (χ0n) is 8.80. The van der Waals surface area contributed by atoms with Crippen molar-refractivity contribution in [1.82, 2.24) is 0 Å². The summed E-state index contributed by atoms with van der Waals surface area (Å²) in [4.78, 5) is 10.8. The monoisotopic (exact) mass is 210 g/mol. The fraction of sp³-hybridized carbons (Fsp3) is 0.417. The Morgan fingerprint density at radius 1 is 1.43 bits per heavy atom. The molecule has 0 saturated heterocycles. The molecule has 1 nitrogen and oxygen atoms in total. The van der Waals surface area contributed by atoms with Gasteiger partial charge < -0.3 is 4.79 Å². The molecule has 1 aromatic carbocycles. The lowest BCUT2D eigenvalue weighted by Crippen LogP contribution is -2.18. The number of benzene rings is 1. The van der Waals surface area contributed by atoms with E-state index in [9.17, 15) is 4.79 Å². The SMILES string of the molecule is CCc1ccc(C(C)(C)C=O)cc1Cl. The van der Waals surface area contributed by atoms with Crippen LogP contribution in [0.4, 0.5) is 0 Å². The molecule has 0 N–H and O–H groups in total. The van der Waals surface area contributed by atoms with Gasteiger partial charge in [-0.15, -0.1) is 0 Å². The number of carbonyl (C=O) groups excluding carboxylic acids is 1. The highest BCUT2D eigenvalue weighted by Gasteiger charge is 2.19. The van der Waals surface area contributed by atoms with Gasteiger partial charge in [-0.1, -0.05) is 30.7 Å². The van der Waals surface area contributed by atoms with E-state index in [4.69, 9.17) is 11.6 Å². The van der Waals surface area contributed by atoms with E-state index in [1.54, 1.807) is 0 Å². The van der Waals surface area contributed by atoms with E-state index in [2.05, 4.69) is 6.92 Å². The molecule has 0 atom stereocenters. The molecule has 2 heteroatoms. The molecule has 0 bridgehead atoms. The fourth-order valence-corrected chi connectivity index (χ4v) is 1.62. The number of hydrogen-bond donors (Lipinski definition) is 0. The summed E-state index contributed by atoms with van der Waals surface area (Å²) in [5, 5.41) is 0.750. The molecular formula is C12H15ClO. The summed E-state index contributed by atoms with van der Waals surface area (Å²) < 4.78 is 0. The third kappa shape index (κ3) is 2.16. The molecule has 1 aromatic rings. The van der Waals surface area contributed by atoms with Crippen molar-refractivity contribution in [2.75, 3.05) is 0 Å². The van der Waals surface area contributed by atoms with Gasteiger partial charge >= 0.3 is 0 Å². The van der Waals surface area contributed by atoms with E-state index in [0.29, 0.717) is 0 Å². The van der Waals surface area contributed by atoms with Gasteiger partial charge in [0.25, 0.3) is 0 Å². The number of hydrogen-bond acceptors (Lipinski definition) is 1. The fourth-order valence-electron chi connectivity index (χ4n) is 1.30. The molecule has 0 aliphatic carbocycles. The van der Waals surface area contributed by atoms with Crippen molar-refractivity contribution >= 4 is 17.9 Å². The molecule has 0 saturated carbocycles. The van der Waals surface area contributed by atoms with Crippen molar-refractivity contribution in [3.05, 3.63) is 34.3 Å². The molecule has 0 aromatic heterocycles.